The molecular weight excluding hydrogens is 224 g/mol. The zero-order chi connectivity index (χ0) is 12.5. The van der Waals surface area contributed by atoms with E-state index in [1.807, 2.05) is 18.3 Å². The van der Waals surface area contributed by atoms with E-state index in [-0.39, 0.29) is 0 Å². The van der Waals surface area contributed by atoms with E-state index in [1.54, 1.807) is 0 Å². The first-order valence-electron chi connectivity index (χ1n) is 6.16. The molecule has 0 fully saturated rings. The second-order valence-corrected chi connectivity index (χ2v) is 4.57. The van der Waals surface area contributed by atoms with Crippen molar-refractivity contribution in [2.24, 2.45) is 0 Å². The van der Waals surface area contributed by atoms with Crippen molar-refractivity contribution in [2.45, 2.75) is 25.7 Å². The van der Waals surface area contributed by atoms with Gasteiger partial charge >= 0.3 is 0 Å². The van der Waals surface area contributed by atoms with Gasteiger partial charge in [0.15, 0.2) is 0 Å². The highest BCUT2D eigenvalue weighted by atomic mass is 14.9. The van der Waals surface area contributed by atoms with E-state index in [2.05, 4.69) is 16.0 Å². The number of aryl methyl sites for hydroxylation is 1. The lowest BCUT2D eigenvalue weighted by Gasteiger charge is -2.20. The van der Waals surface area contributed by atoms with Gasteiger partial charge in [-0.2, -0.15) is 5.26 Å². The number of aromatic amines is 1. The van der Waals surface area contributed by atoms with Gasteiger partial charge in [0.2, 0.25) is 0 Å². The number of anilines is 1. The summed E-state index contributed by atoms with van der Waals surface area (Å²) in [4.78, 5) is 7.57. The van der Waals surface area contributed by atoms with E-state index < -0.39 is 0 Å². The lowest BCUT2D eigenvalue weighted by atomic mass is 9.88. The zero-order valence-corrected chi connectivity index (χ0v) is 10.0. The quantitative estimate of drug-likeness (QED) is 0.800. The van der Waals surface area contributed by atoms with Crippen molar-refractivity contribution < 1.29 is 0 Å². The first-order chi connectivity index (χ1) is 8.81. The van der Waals surface area contributed by atoms with Crippen LogP contribution in [0.25, 0.3) is 11.3 Å². The molecule has 0 radical (unpaired) electrons. The Morgan fingerprint density at radius 2 is 2.17 bits per heavy atom. The van der Waals surface area contributed by atoms with Gasteiger partial charge in [0.05, 0.1) is 0 Å². The molecule has 2 aromatic heterocycles. The monoisotopic (exact) mass is 238 g/mol. The van der Waals surface area contributed by atoms with Gasteiger partial charge in [0.1, 0.15) is 17.5 Å². The normalized spacial score (nSPS) is 13.9. The van der Waals surface area contributed by atoms with E-state index in [1.165, 1.54) is 5.56 Å². The maximum absolute atomic E-state index is 9.32. The standard InChI is InChI=1S/C14H14N4/c15-8-10-13(12-6-3-7-17-12)9-4-1-2-5-11(9)18-14(10)16/h3,6-7,17H,1-2,4-5H2,(H2,16,18). The number of pyridine rings is 1. The van der Waals surface area contributed by atoms with E-state index >= 15 is 0 Å². The van der Waals surface area contributed by atoms with E-state index in [9.17, 15) is 5.26 Å². The van der Waals surface area contributed by atoms with Crippen LogP contribution in [0.1, 0.15) is 29.7 Å². The summed E-state index contributed by atoms with van der Waals surface area (Å²) in [5.41, 5.74) is 10.6. The van der Waals surface area contributed by atoms with E-state index in [0.29, 0.717) is 11.4 Å². The molecule has 0 saturated heterocycles. The summed E-state index contributed by atoms with van der Waals surface area (Å²) in [6.07, 6.45) is 6.10. The van der Waals surface area contributed by atoms with Crippen LogP contribution in [0.5, 0.6) is 0 Å². The fourth-order valence-electron chi connectivity index (χ4n) is 2.66. The smallest absolute Gasteiger partial charge is 0.142 e. The van der Waals surface area contributed by atoms with Crippen molar-refractivity contribution in [2.75, 3.05) is 5.73 Å². The minimum Gasteiger partial charge on any atom is -0.383 e. The Morgan fingerprint density at radius 1 is 1.33 bits per heavy atom. The molecule has 0 aromatic carbocycles. The number of fused-ring (bicyclic) bond motifs is 1. The summed E-state index contributed by atoms with van der Waals surface area (Å²) >= 11 is 0. The maximum Gasteiger partial charge on any atom is 0.142 e. The summed E-state index contributed by atoms with van der Waals surface area (Å²) in [5.74, 6) is 0.350. The number of rotatable bonds is 1. The molecule has 3 rings (SSSR count). The number of nitrogens with one attached hydrogen (secondary N) is 1. The number of nitrogen functional groups attached to an aromatic ring is 1. The first kappa shape index (κ1) is 10.8. The predicted octanol–water partition coefficient (Wildman–Crippen LogP) is 2.41. The largest absolute Gasteiger partial charge is 0.383 e. The molecule has 0 spiro atoms. The van der Waals surface area contributed by atoms with Crippen molar-refractivity contribution in [1.29, 1.82) is 5.26 Å². The summed E-state index contributed by atoms with van der Waals surface area (Å²) in [6.45, 7) is 0. The Labute approximate surface area is 105 Å². The fourth-order valence-corrected chi connectivity index (χ4v) is 2.66. The number of hydrogen-bond donors (Lipinski definition) is 2. The summed E-state index contributed by atoms with van der Waals surface area (Å²) < 4.78 is 0. The number of nitriles is 1. The highest BCUT2D eigenvalue weighted by Gasteiger charge is 2.22. The molecule has 18 heavy (non-hydrogen) atoms. The third-order valence-electron chi connectivity index (χ3n) is 3.48. The van der Waals surface area contributed by atoms with Gasteiger partial charge in [0, 0.05) is 23.1 Å². The number of nitrogens with zero attached hydrogens (tertiary/aromatic N) is 2. The van der Waals surface area contributed by atoms with Crippen LogP contribution in [0.4, 0.5) is 5.82 Å². The van der Waals surface area contributed by atoms with Crippen molar-refractivity contribution in [1.82, 2.24) is 9.97 Å². The average Bonchev–Trinajstić information content (AvgIpc) is 2.90. The van der Waals surface area contributed by atoms with Gasteiger partial charge in [-0.15, -0.1) is 0 Å². The van der Waals surface area contributed by atoms with Gasteiger partial charge in [-0.25, -0.2) is 4.98 Å². The Bertz CT molecular complexity index is 620. The summed E-state index contributed by atoms with van der Waals surface area (Å²) in [7, 11) is 0. The Morgan fingerprint density at radius 3 is 2.89 bits per heavy atom. The third kappa shape index (κ3) is 1.56. The molecule has 0 atom stereocenters. The van der Waals surface area contributed by atoms with Crippen LogP contribution in [0.15, 0.2) is 18.3 Å². The van der Waals surface area contributed by atoms with E-state index in [4.69, 9.17) is 5.73 Å². The Kier molecular flexibility index (Phi) is 2.52. The summed E-state index contributed by atoms with van der Waals surface area (Å²) in [5, 5.41) is 9.32. The fraction of sp³-hybridized carbons (Fsp3) is 0.286. The number of hydrogen-bond acceptors (Lipinski definition) is 3. The van der Waals surface area contributed by atoms with Gasteiger partial charge in [-0.3, -0.25) is 0 Å². The van der Waals surface area contributed by atoms with Crippen LogP contribution < -0.4 is 5.73 Å². The molecule has 0 aliphatic heterocycles. The van der Waals surface area contributed by atoms with Crippen LogP contribution in [0.2, 0.25) is 0 Å². The highest BCUT2D eigenvalue weighted by molar-refractivity contribution is 5.77. The third-order valence-corrected chi connectivity index (χ3v) is 3.48. The molecule has 3 N–H and O–H groups in total. The molecule has 90 valence electrons. The van der Waals surface area contributed by atoms with Crippen molar-refractivity contribution in [3.63, 3.8) is 0 Å². The zero-order valence-electron chi connectivity index (χ0n) is 10.0. The maximum atomic E-state index is 9.32. The minimum atomic E-state index is 0.350. The second-order valence-electron chi connectivity index (χ2n) is 4.57. The summed E-state index contributed by atoms with van der Waals surface area (Å²) in [6, 6.07) is 6.10. The highest BCUT2D eigenvalue weighted by Crippen LogP contribution is 2.34. The van der Waals surface area contributed by atoms with Crippen LogP contribution in [0.3, 0.4) is 0 Å². The van der Waals surface area contributed by atoms with Gasteiger partial charge < -0.3 is 10.7 Å². The molecular formula is C14H14N4. The molecule has 2 aromatic rings. The van der Waals surface area contributed by atoms with Crippen molar-refractivity contribution >= 4 is 5.82 Å². The molecule has 0 bridgehead atoms. The minimum absolute atomic E-state index is 0.350. The van der Waals surface area contributed by atoms with Gasteiger partial charge in [-0.1, -0.05) is 0 Å². The van der Waals surface area contributed by atoms with Gasteiger partial charge in [0.25, 0.3) is 0 Å². The van der Waals surface area contributed by atoms with E-state index in [0.717, 1.165) is 42.6 Å². The SMILES string of the molecule is N#Cc1c(N)nc2c(c1-c1ccc[nH]1)CCCC2. The van der Waals surface area contributed by atoms with Crippen LogP contribution in [-0.4, -0.2) is 9.97 Å². The number of aromatic nitrogens is 2. The molecule has 1 aliphatic carbocycles. The Balaban J connectivity index is 2.33. The lowest BCUT2D eigenvalue weighted by molar-refractivity contribution is 0.669. The average molecular weight is 238 g/mol. The van der Waals surface area contributed by atoms with Crippen LogP contribution in [0, 0.1) is 11.3 Å². The molecule has 1 aliphatic rings. The molecule has 4 nitrogen and oxygen atoms in total. The molecule has 4 heteroatoms. The Hall–Kier alpha value is -2.28. The van der Waals surface area contributed by atoms with Crippen molar-refractivity contribution in [3.8, 4) is 17.3 Å². The molecule has 2 heterocycles. The van der Waals surface area contributed by atoms with Crippen molar-refractivity contribution in [3.05, 3.63) is 35.2 Å². The van der Waals surface area contributed by atoms with Crippen LogP contribution in [-0.2, 0) is 12.8 Å². The predicted molar refractivity (Wildman–Crippen MR) is 69.8 cm³/mol. The van der Waals surface area contributed by atoms with Gasteiger partial charge in [-0.05, 0) is 43.4 Å². The second kappa shape index (κ2) is 4.19. The number of nitrogens with two attached hydrogens (primary N) is 1. The lowest BCUT2D eigenvalue weighted by Crippen LogP contribution is -2.11. The van der Waals surface area contributed by atoms with Crippen LogP contribution >= 0.6 is 0 Å². The topological polar surface area (TPSA) is 78.5 Å². The molecule has 0 saturated carbocycles. The molecule has 0 amide bonds. The molecule has 0 unspecified atom stereocenters. The first-order valence-corrected chi connectivity index (χ1v) is 6.16. The number of H-pyrrole nitrogens is 1.